The van der Waals surface area contributed by atoms with Crippen LogP contribution >= 0.6 is 11.6 Å². The molecule has 1 fully saturated rings. The lowest BCUT2D eigenvalue weighted by Crippen LogP contribution is -2.26. The molecule has 0 atom stereocenters. The minimum atomic E-state index is 0.728. The molecule has 5 heteroatoms. The van der Waals surface area contributed by atoms with E-state index < -0.39 is 0 Å². The quantitative estimate of drug-likeness (QED) is 0.645. The van der Waals surface area contributed by atoms with Crippen molar-refractivity contribution in [1.82, 2.24) is 14.6 Å². The third-order valence-electron chi connectivity index (χ3n) is 4.96. The highest BCUT2D eigenvalue weighted by molar-refractivity contribution is 6.30. The molecule has 4 nitrogen and oxygen atoms in total. The van der Waals surface area contributed by atoms with Gasteiger partial charge in [-0.25, -0.2) is 4.98 Å². The predicted octanol–water partition coefficient (Wildman–Crippen LogP) is 5.05. The molecule has 0 radical (unpaired) electrons. The minimum absolute atomic E-state index is 0.728. The fraction of sp³-hybridized carbons (Fsp3) is 0.400. The Bertz CT molecular complexity index is 907. The van der Waals surface area contributed by atoms with E-state index in [9.17, 15) is 0 Å². The van der Waals surface area contributed by atoms with Crippen LogP contribution in [0.4, 0.5) is 5.82 Å². The number of rotatable bonds is 2. The largest absolute Gasteiger partial charge is 0.356 e. The first-order valence-electron chi connectivity index (χ1n) is 9.01. The van der Waals surface area contributed by atoms with Gasteiger partial charge < -0.3 is 4.90 Å². The van der Waals surface area contributed by atoms with Crippen molar-refractivity contribution in [1.29, 1.82) is 0 Å². The van der Waals surface area contributed by atoms with Gasteiger partial charge in [0.05, 0.1) is 5.69 Å². The smallest absolute Gasteiger partial charge is 0.161 e. The molecule has 0 aliphatic carbocycles. The summed E-state index contributed by atoms with van der Waals surface area (Å²) in [5.41, 5.74) is 5.07. The highest BCUT2D eigenvalue weighted by Crippen LogP contribution is 2.30. The first-order valence-corrected chi connectivity index (χ1v) is 9.39. The van der Waals surface area contributed by atoms with E-state index in [1.54, 1.807) is 0 Å². The number of aryl methyl sites for hydroxylation is 2. The van der Waals surface area contributed by atoms with Gasteiger partial charge in [-0.05, 0) is 38.8 Å². The fourth-order valence-electron chi connectivity index (χ4n) is 3.66. The maximum atomic E-state index is 6.18. The lowest BCUT2D eigenvalue weighted by Gasteiger charge is -2.23. The summed E-state index contributed by atoms with van der Waals surface area (Å²) >= 11 is 6.18. The molecule has 4 rings (SSSR count). The van der Waals surface area contributed by atoms with Gasteiger partial charge in [-0.3, -0.25) is 0 Å². The normalized spacial score (nSPS) is 15.6. The third kappa shape index (κ3) is 3.11. The molecule has 25 heavy (non-hydrogen) atoms. The van der Waals surface area contributed by atoms with Crippen LogP contribution in [-0.2, 0) is 0 Å². The summed E-state index contributed by atoms with van der Waals surface area (Å²) in [6, 6.07) is 10.0. The molecule has 2 aromatic heterocycles. The average molecular weight is 355 g/mol. The van der Waals surface area contributed by atoms with E-state index >= 15 is 0 Å². The zero-order valence-corrected chi connectivity index (χ0v) is 15.6. The molecule has 130 valence electrons. The number of fused-ring (bicyclic) bond motifs is 1. The van der Waals surface area contributed by atoms with E-state index in [0.29, 0.717) is 0 Å². The summed E-state index contributed by atoms with van der Waals surface area (Å²) in [6.45, 7) is 6.33. The second-order valence-corrected chi connectivity index (χ2v) is 7.31. The van der Waals surface area contributed by atoms with Gasteiger partial charge in [0.1, 0.15) is 5.82 Å². The van der Waals surface area contributed by atoms with Crippen molar-refractivity contribution >= 4 is 23.1 Å². The molecule has 1 aromatic carbocycles. The molecule has 3 heterocycles. The molecular formula is C20H23ClN4. The number of aromatic nitrogens is 3. The summed E-state index contributed by atoms with van der Waals surface area (Å²) in [5.74, 6) is 1.15. The van der Waals surface area contributed by atoms with Gasteiger partial charge in [0.25, 0.3) is 0 Å². The van der Waals surface area contributed by atoms with Crippen LogP contribution < -0.4 is 4.90 Å². The van der Waals surface area contributed by atoms with Crippen LogP contribution in [0.25, 0.3) is 16.9 Å². The molecular weight excluding hydrogens is 332 g/mol. The van der Waals surface area contributed by atoms with E-state index in [-0.39, 0.29) is 0 Å². The van der Waals surface area contributed by atoms with E-state index in [2.05, 4.69) is 30.9 Å². The summed E-state index contributed by atoms with van der Waals surface area (Å²) in [5, 5.41) is 5.65. The predicted molar refractivity (Wildman–Crippen MR) is 104 cm³/mol. The van der Waals surface area contributed by atoms with Crippen LogP contribution in [0, 0.1) is 13.8 Å². The van der Waals surface area contributed by atoms with Gasteiger partial charge in [-0.15, -0.1) is 0 Å². The van der Waals surface area contributed by atoms with Crippen molar-refractivity contribution in [3.8, 4) is 11.3 Å². The summed E-state index contributed by atoms with van der Waals surface area (Å²) in [7, 11) is 0. The highest BCUT2D eigenvalue weighted by Gasteiger charge is 2.19. The number of hydrogen-bond acceptors (Lipinski definition) is 3. The second-order valence-electron chi connectivity index (χ2n) is 6.88. The topological polar surface area (TPSA) is 33.4 Å². The molecule has 0 saturated carbocycles. The first kappa shape index (κ1) is 16.4. The van der Waals surface area contributed by atoms with Gasteiger partial charge in [0, 0.05) is 41.0 Å². The fourth-order valence-corrected chi connectivity index (χ4v) is 3.85. The van der Waals surface area contributed by atoms with E-state index in [1.807, 2.05) is 22.7 Å². The molecule has 3 aromatic rings. The zero-order valence-electron chi connectivity index (χ0n) is 14.8. The van der Waals surface area contributed by atoms with E-state index in [1.165, 1.54) is 25.7 Å². The number of anilines is 1. The van der Waals surface area contributed by atoms with Crippen LogP contribution in [0.2, 0.25) is 5.02 Å². The Morgan fingerprint density at radius 3 is 2.48 bits per heavy atom. The molecule has 0 unspecified atom stereocenters. The molecule has 0 N–H and O–H groups in total. The molecule has 0 spiro atoms. The van der Waals surface area contributed by atoms with Gasteiger partial charge in [-0.2, -0.15) is 9.61 Å². The average Bonchev–Trinajstić information content (AvgIpc) is 2.78. The van der Waals surface area contributed by atoms with Crippen molar-refractivity contribution in [2.45, 2.75) is 39.5 Å². The van der Waals surface area contributed by atoms with Crippen LogP contribution in [0.3, 0.4) is 0 Å². The Kier molecular flexibility index (Phi) is 4.38. The lowest BCUT2D eigenvalue weighted by molar-refractivity contribution is 0.726. The maximum Gasteiger partial charge on any atom is 0.161 e. The number of halogens is 1. The highest BCUT2D eigenvalue weighted by atomic mass is 35.5. The van der Waals surface area contributed by atoms with Crippen molar-refractivity contribution in [2.24, 2.45) is 0 Å². The summed E-state index contributed by atoms with van der Waals surface area (Å²) in [4.78, 5) is 7.22. The van der Waals surface area contributed by atoms with E-state index in [4.69, 9.17) is 21.7 Å². The molecule has 1 saturated heterocycles. The van der Waals surface area contributed by atoms with E-state index in [0.717, 1.165) is 52.1 Å². The Morgan fingerprint density at radius 1 is 1.00 bits per heavy atom. The number of nitrogens with zero attached hydrogens (tertiary/aromatic N) is 4. The van der Waals surface area contributed by atoms with Gasteiger partial charge in [0.2, 0.25) is 0 Å². The Morgan fingerprint density at radius 2 is 1.76 bits per heavy atom. The van der Waals surface area contributed by atoms with Gasteiger partial charge in [0.15, 0.2) is 5.65 Å². The van der Waals surface area contributed by atoms with Crippen molar-refractivity contribution in [3.63, 3.8) is 0 Å². The Labute approximate surface area is 153 Å². The van der Waals surface area contributed by atoms with Crippen molar-refractivity contribution < 1.29 is 0 Å². The minimum Gasteiger partial charge on any atom is -0.356 e. The van der Waals surface area contributed by atoms with Crippen molar-refractivity contribution in [2.75, 3.05) is 18.0 Å². The number of benzene rings is 1. The second kappa shape index (κ2) is 6.68. The van der Waals surface area contributed by atoms with Crippen LogP contribution in [0.15, 0.2) is 30.3 Å². The Balaban J connectivity index is 1.88. The maximum absolute atomic E-state index is 6.18. The standard InChI is InChI=1S/C20H23ClN4/c1-14-12-18(24-10-5-3-4-6-11-24)25-20(22-14)15(2)19(23-25)16-8-7-9-17(21)13-16/h7-9,12-13H,3-6,10-11H2,1-2H3. The molecule has 0 bridgehead atoms. The van der Waals surface area contributed by atoms with Gasteiger partial charge >= 0.3 is 0 Å². The number of hydrogen-bond donors (Lipinski definition) is 0. The van der Waals surface area contributed by atoms with Crippen LogP contribution in [-0.4, -0.2) is 27.7 Å². The van der Waals surface area contributed by atoms with Gasteiger partial charge in [-0.1, -0.05) is 36.6 Å². The monoisotopic (exact) mass is 354 g/mol. The Hall–Kier alpha value is -2.07. The van der Waals surface area contributed by atoms with Crippen LogP contribution in [0.5, 0.6) is 0 Å². The lowest BCUT2D eigenvalue weighted by atomic mass is 10.1. The summed E-state index contributed by atoms with van der Waals surface area (Å²) < 4.78 is 2.02. The molecule has 1 aliphatic rings. The first-order chi connectivity index (χ1) is 12.1. The zero-order chi connectivity index (χ0) is 17.4. The third-order valence-corrected chi connectivity index (χ3v) is 5.19. The van der Waals surface area contributed by atoms with Crippen LogP contribution in [0.1, 0.15) is 36.9 Å². The van der Waals surface area contributed by atoms with Crippen molar-refractivity contribution in [3.05, 3.63) is 46.6 Å². The summed E-state index contributed by atoms with van der Waals surface area (Å²) in [6.07, 6.45) is 5.11. The molecule has 0 amide bonds. The molecule has 1 aliphatic heterocycles. The SMILES string of the molecule is Cc1cc(N2CCCCCC2)n2nc(-c3cccc(Cl)c3)c(C)c2n1.